The number of carbonyl (C=O) groups excluding carboxylic acids is 1. The number of para-hydroxylation sites is 1. The van der Waals surface area contributed by atoms with Crippen molar-refractivity contribution in [2.75, 3.05) is 11.9 Å². The van der Waals surface area contributed by atoms with Gasteiger partial charge in [0.25, 0.3) is 0 Å². The van der Waals surface area contributed by atoms with Gasteiger partial charge in [-0.2, -0.15) is 0 Å². The molecule has 1 N–H and O–H groups in total. The second kappa shape index (κ2) is 51.4. The minimum absolute atomic E-state index is 0.0422. The summed E-state index contributed by atoms with van der Waals surface area (Å²) in [5, 5.41) is 2.73. The monoisotopic (exact) mass is 1350 g/mol. The van der Waals surface area contributed by atoms with E-state index < -0.39 is 0 Å². The minimum atomic E-state index is 0.0422. The van der Waals surface area contributed by atoms with Crippen LogP contribution in [0.15, 0.2) is 298 Å². The van der Waals surface area contributed by atoms with Crippen LogP contribution in [0.3, 0.4) is 0 Å². The summed E-state index contributed by atoms with van der Waals surface area (Å²) in [6.07, 6.45) is 20.7. The normalized spacial score (nSPS) is 9.47. The molecule has 13 rings (SSSR count). The fourth-order valence-corrected chi connectivity index (χ4v) is 8.34. The van der Waals surface area contributed by atoms with E-state index in [-0.39, 0.29) is 5.91 Å². The van der Waals surface area contributed by atoms with Crippen molar-refractivity contribution in [3.63, 3.8) is 0 Å². The number of unbranched alkanes of at least 4 members (excludes halogenated alkanes) is 2. The number of nitrogens with zero attached hydrogens (tertiary/aromatic N) is 11. The number of carbonyl (C=O) groups is 1. The maximum atomic E-state index is 11.2. The maximum Gasteiger partial charge on any atom is 0.225 e. The summed E-state index contributed by atoms with van der Waals surface area (Å²) < 4.78 is 10.8. The Morgan fingerprint density at radius 2 is 0.802 bits per heavy atom. The topological polar surface area (TPSA) is 189 Å². The van der Waals surface area contributed by atoms with Crippen molar-refractivity contribution in [1.29, 1.82) is 0 Å². The number of nitrogens with one attached hydrogen (secondary N) is 1. The fourth-order valence-electron chi connectivity index (χ4n) is 8.34. The second-order valence-electron chi connectivity index (χ2n) is 22.5. The van der Waals surface area contributed by atoms with Crippen LogP contribution in [-0.2, 0) is 4.79 Å². The van der Waals surface area contributed by atoms with Gasteiger partial charge in [-0.05, 0) is 226 Å². The predicted molar refractivity (Wildman–Crippen MR) is 413 cm³/mol. The van der Waals surface area contributed by atoms with Gasteiger partial charge in [0, 0.05) is 120 Å². The molecule has 520 valence electrons. The van der Waals surface area contributed by atoms with Crippen molar-refractivity contribution in [2.45, 2.75) is 115 Å². The molecule has 1 amide bonds. The summed E-state index contributed by atoms with van der Waals surface area (Å²) in [4.78, 5) is 56.4. The molecule has 101 heavy (non-hydrogen) atoms. The standard InChI is InChI=1S/C11H9NO.C11H9N.C10H14N2O.C10H8N2.C9H13NO.C8H11N.3C7H9N.C6H7N/c1-2-6-10(7-3-1)13-11-8-4-5-9-12-11;1-2-6-10(7-3-1)11-8-4-5-9-12-11;1-2-3-7-10(13)12-9-6-4-5-8-11-9;1-3-7-11-9(5-1)10-6-2-4-8-12-10;1-2-3-8-11-9-6-4-5-7-10-9;1-6-4-7(2)9-8(3)5-6;1-6-3-4-8-7(2)5-6;1-6-4-3-5-8-7(6)2;1-6-4-3-5-7(2)8-6;1-6-4-2-3-5-7-6/h1-9H;1-9H;4-6,8H,2-3,7H2,1H3,(H,11,12,13);1-8H;4-7H,2-3,8H2,1H3;4-5H,1-3H3;3*3-5H,1-2H3;2-5H,1H3. The van der Waals surface area contributed by atoms with Crippen LogP contribution >= 0.6 is 0 Å². The van der Waals surface area contributed by atoms with E-state index in [2.05, 4.69) is 131 Å². The Hall–Kier alpha value is -11.8. The van der Waals surface area contributed by atoms with Crippen molar-refractivity contribution in [2.24, 2.45) is 0 Å². The zero-order valence-electron chi connectivity index (χ0n) is 60.7. The first-order chi connectivity index (χ1) is 49.1. The number of rotatable bonds is 12. The van der Waals surface area contributed by atoms with Crippen LogP contribution < -0.4 is 14.8 Å². The minimum Gasteiger partial charge on any atom is -0.478 e. The average Bonchev–Trinajstić information content (AvgIpc) is 0.989. The van der Waals surface area contributed by atoms with Gasteiger partial charge in [-0.1, -0.05) is 130 Å². The zero-order valence-corrected chi connectivity index (χ0v) is 60.7. The lowest BCUT2D eigenvalue weighted by atomic mass is 10.1. The number of benzene rings is 2. The molecule has 0 aliphatic rings. The van der Waals surface area contributed by atoms with E-state index in [1.807, 2.05) is 267 Å². The molecule has 15 heteroatoms. The summed E-state index contributed by atoms with van der Waals surface area (Å²) in [6.45, 7) is 25.2. The van der Waals surface area contributed by atoms with Gasteiger partial charge < -0.3 is 14.8 Å². The fraction of sp³-hybridized carbons (Fsp3) is 0.209. The molecule has 0 aliphatic carbocycles. The van der Waals surface area contributed by atoms with Crippen LogP contribution in [-0.4, -0.2) is 67.3 Å². The Balaban J connectivity index is 0.000000240. The molecule has 0 radical (unpaired) electrons. The highest BCUT2D eigenvalue weighted by Crippen LogP contribution is 2.18. The molecule has 15 nitrogen and oxygen atoms in total. The molecule has 13 aromatic rings. The molecular formula is C86H98N12O3. The number of aromatic nitrogens is 11. The summed E-state index contributed by atoms with van der Waals surface area (Å²) in [5.41, 5.74) is 15.5. The zero-order chi connectivity index (χ0) is 72.8. The van der Waals surface area contributed by atoms with Crippen LogP contribution in [0, 0.1) is 69.2 Å². The second-order valence-corrected chi connectivity index (χ2v) is 22.5. The summed E-state index contributed by atoms with van der Waals surface area (Å²) in [5.74, 6) is 2.82. The summed E-state index contributed by atoms with van der Waals surface area (Å²) in [7, 11) is 0. The Labute approximate surface area is 599 Å². The van der Waals surface area contributed by atoms with Gasteiger partial charge in [0.2, 0.25) is 17.7 Å². The Bertz CT molecular complexity index is 3840. The molecule has 2 aromatic carbocycles. The van der Waals surface area contributed by atoms with E-state index in [0.717, 1.165) is 106 Å². The van der Waals surface area contributed by atoms with Gasteiger partial charge in [0.1, 0.15) is 11.6 Å². The highest BCUT2D eigenvalue weighted by atomic mass is 16.5. The number of hydrogen-bond acceptors (Lipinski definition) is 14. The van der Waals surface area contributed by atoms with Crippen molar-refractivity contribution >= 4 is 11.7 Å². The molecule has 0 fully saturated rings. The van der Waals surface area contributed by atoms with Gasteiger partial charge in [-0.3, -0.25) is 44.7 Å². The Kier molecular flexibility index (Phi) is 41.5. The van der Waals surface area contributed by atoms with Gasteiger partial charge >= 0.3 is 0 Å². The molecule has 0 atom stereocenters. The van der Waals surface area contributed by atoms with E-state index in [0.29, 0.717) is 18.1 Å². The van der Waals surface area contributed by atoms with E-state index in [1.54, 1.807) is 43.2 Å². The first-order valence-electron chi connectivity index (χ1n) is 33.7. The highest BCUT2D eigenvalue weighted by molar-refractivity contribution is 5.89. The molecule has 0 bridgehead atoms. The van der Waals surface area contributed by atoms with Crippen LogP contribution in [0.5, 0.6) is 17.5 Å². The van der Waals surface area contributed by atoms with Crippen LogP contribution in [0.1, 0.15) is 102 Å². The van der Waals surface area contributed by atoms with Crippen LogP contribution in [0.4, 0.5) is 5.82 Å². The number of hydrogen-bond donors (Lipinski definition) is 1. The van der Waals surface area contributed by atoms with E-state index in [4.69, 9.17) is 9.47 Å². The third-order valence-electron chi connectivity index (χ3n) is 13.4. The lowest BCUT2D eigenvalue weighted by Gasteiger charge is -2.02. The van der Waals surface area contributed by atoms with E-state index in [1.165, 1.54) is 16.7 Å². The van der Waals surface area contributed by atoms with Crippen molar-refractivity contribution in [1.82, 2.24) is 54.8 Å². The molecule has 0 saturated heterocycles. The number of anilines is 1. The van der Waals surface area contributed by atoms with Crippen molar-refractivity contribution in [3.05, 3.63) is 355 Å². The lowest BCUT2D eigenvalue weighted by Crippen LogP contribution is -2.11. The largest absolute Gasteiger partial charge is 0.478 e. The first kappa shape index (κ1) is 81.6. The van der Waals surface area contributed by atoms with Gasteiger partial charge in [-0.25, -0.2) is 15.0 Å². The number of ether oxygens (including phenoxy) is 2. The molecule has 11 heterocycles. The predicted octanol–water partition coefficient (Wildman–Crippen LogP) is 20.7. The highest BCUT2D eigenvalue weighted by Gasteiger charge is 2.02. The molecule has 0 aliphatic heterocycles. The Morgan fingerprint density at radius 1 is 0.347 bits per heavy atom. The summed E-state index contributed by atoms with van der Waals surface area (Å²) >= 11 is 0. The first-order valence-corrected chi connectivity index (χ1v) is 33.7. The SMILES string of the molecule is CCCCC(=O)Nc1ccccn1.CCCCOc1ccccn1.Cc1cc(C)nc(C)c1.Cc1cccc(C)n1.Cc1ccccn1.Cc1cccnc1C.Cc1ccnc(C)c1.c1ccc(-c2ccccn2)cc1.c1ccc(-c2ccccn2)nc1.c1ccc(Oc2ccccn2)cc1. The van der Waals surface area contributed by atoms with Crippen molar-refractivity contribution < 1.29 is 14.3 Å². The summed E-state index contributed by atoms with van der Waals surface area (Å²) in [6, 6.07) is 78.1. The molecule has 0 spiro atoms. The van der Waals surface area contributed by atoms with Crippen LogP contribution in [0.2, 0.25) is 0 Å². The van der Waals surface area contributed by atoms with E-state index in [9.17, 15) is 4.79 Å². The van der Waals surface area contributed by atoms with Gasteiger partial charge in [0.15, 0.2) is 0 Å². The Morgan fingerprint density at radius 3 is 1.21 bits per heavy atom. The molecule has 0 unspecified atom stereocenters. The van der Waals surface area contributed by atoms with Crippen LogP contribution in [0.25, 0.3) is 22.6 Å². The number of aryl methyl sites for hydroxylation is 10. The quantitative estimate of drug-likeness (QED) is 0.114. The third kappa shape index (κ3) is 39.8. The van der Waals surface area contributed by atoms with E-state index >= 15 is 0 Å². The molecular weight excluding hydrogens is 1250 g/mol. The average molecular weight is 1350 g/mol. The van der Waals surface area contributed by atoms with Gasteiger partial charge in [-0.15, -0.1) is 0 Å². The number of amides is 1. The molecule has 0 saturated carbocycles. The van der Waals surface area contributed by atoms with Gasteiger partial charge in [0.05, 0.1) is 23.7 Å². The molecule has 11 aromatic heterocycles. The van der Waals surface area contributed by atoms with Crippen molar-refractivity contribution in [3.8, 4) is 40.2 Å². The lowest BCUT2D eigenvalue weighted by molar-refractivity contribution is -0.116. The third-order valence-corrected chi connectivity index (χ3v) is 13.4. The number of pyridine rings is 11. The smallest absolute Gasteiger partial charge is 0.225 e. The maximum absolute atomic E-state index is 11.2.